The van der Waals surface area contributed by atoms with Crippen LogP contribution < -0.4 is 10.6 Å². The molecule has 3 unspecified atom stereocenters. The molecule has 2 heterocycles. The number of hydrogen-bond donors (Lipinski definition) is 2. The molecule has 0 bridgehead atoms. The van der Waals surface area contributed by atoms with E-state index in [1.165, 1.54) is 0 Å². The predicted molar refractivity (Wildman–Crippen MR) is 99.1 cm³/mol. The van der Waals surface area contributed by atoms with Crippen LogP contribution >= 0.6 is 23.2 Å². The van der Waals surface area contributed by atoms with Crippen molar-refractivity contribution < 1.29 is 9.59 Å². The lowest BCUT2D eigenvalue weighted by atomic mass is 9.95. The van der Waals surface area contributed by atoms with Gasteiger partial charge in [0, 0.05) is 28.2 Å². The molecule has 2 aliphatic heterocycles. The second-order valence-electron chi connectivity index (χ2n) is 6.90. The first kappa shape index (κ1) is 18.5. The van der Waals surface area contributed by atoms with Gasteiger partial charge in [0.25, 0.3) is 5.91 Å². The third kappa shape index (κ3) is 4.27. The molecule has 25 heavy (non-hydrogen) atoms. The van der Waals surface area contributed by atoms with Gasteiger partial charge < -0.3 is 15.5 Å². The van der Waals surface area contributed by atoms with E-state index in [0.29, 0.717) is 34.5 Å². The minimum atomic E-state index is -0.424. The Morgan fingerprint density at radius 1 is 1.20 bits per heavy atom. The van der Waals surface area contributed by atoms with Gasteiger partial charge >= 0.3 is 0 Å². The first-order chi connectivity index (χ1) is 12.0. The molecule has 2 amide bonds. The molecule has 136 valence electrons. The van der Waals surface area contributed by atoms with Gasteiger partial charge in [-0.25, -0.2) is 0 Å². The van der Waals surface area contributed by atoms with E-state index >= 15 is 0 Å². The summed E-state index contributed by atoms with van der Waals surface area (Å²) in [7, 11) is 0. The molecule has 0 radical (unpaired) electrons. The van der Waals surface area contributed by atoms with Crippen LogP contribution in [0.15, 0.2) is 18.2 Å². The SMILES string of the molecule is CC1CNCCC1NC(=O)C1CCCN1C(=O)c1cc(Cl)cc(Cl)c1. The summed E-state index contributed by atoms with van der Waals surface area (Å²) in [6.45, 7) is 4.51. The number of hydrogen-bond acceptors (Lipinski definition) is 3. The van der Waals surface area contributed by atoms with Crippen LogP contribution in [-0.2, 0) is 4.79 Å². The second-order valence-corrected chi connectivity index (χ2v) is 7.77. The molecule has 5 nitrogen and oxygen atoms in total. The summed E-state index contributed by atoms with van der Waals surface area (Å²) in [5.74, 6) is 0.133. The van der Waals surface area contributed by atoms with Crippen LogP contribution in [0.1, 0.15) is 36.5 Å². The highest BCUT2D eigenvalue weighted by Gasteiger charge is 2.36. The summed E-state index contributed by atoms with van der Waals surface area (Å²) in [4.78, 5) is 27.2. The quantitative estimate of drug-likeness (QED) is 0.843. The van der Waals surface area contributed by atoms with Crippen molar-refractivity contribution in [1.82, 2.24) is 15.5 Å². The smallest absolute Gasteiger partial charge is 0.254 e. The Labute approximate surface area is 158 Å². The Balaban J connectivity index is 1.71. The Kier molecular flexibility index (Phi) is 5.87. The maximum Gasteiger partial charge on any atom is 0.254 e. The van der Waals surface area contributed by atoms with Gasteiger partial charge in [-0.15, -0.1) is 0 Å². The van der Waals surface area contributed by atoms with E-state index in [9.17, 15) is 9.59 Å². The zero-order chi connectivity index (χ0) is 18.0. The summed E-state index contributed by atoms with van der Waals surface area (Å²) >= 11 is 12.0. The molecule has 0 aliphatic carbocycles. The highest BCUT2D eigenvalue weighted by atomic mass is 35.5. The number of halogens is 2. The lowest BCUT2D eigenvalue weighted by Crippen LogP contribution is -2.53. The molecule has 2 N–H and O–H groups in total. The topological polar surface area (TPSA) is 61.4 Å². The molecule has 7 heteroatoms. The first-order valence-corrected chi connectivity index (χ1v) is 9.49. The second kappa shape index (κ2) is 7.94. The highest BCUT2D eigenvalue weighted by Crippen LogP contribution is 2.25. The van der Waals surface area contributed by atoms with Gasteiger partial charge in [-0.1, -0.05) is 30.1 Å². The zero-order valence-corrected chi connectivity index (χ0v) is 15.7. The van der Waals surface area contributed by atoms with Crippen LogP contribution in [0.5, 0.6) is 0 Å². The summed E-state index contributed by atoms with van der Waals surface area (Å²) in [6, 6.07) is 4.52. The van der Waals surface area contributed by atoms with Crippen LogP contribution in [0.4, 0.5) is 0 Å². The van der Waals surface area contributed by atoms with Crippen molar-refractivity contribution in [1.29, 1.82) is 0 Å². The maximum atomic E-state index is 12.8. The fraction of sp³-hybridized carbons (Fsp3) is 0.556. The molecule has 0 aromatic heterocycles. The first-order valence-electron chi connectivity index (χ1n) is 8.74. The van der Waals surface area contributed by atoms with Gasteiger partial charge in [0.1, 0.15) is 6.04 Å². The number of piperidine rings is 1. The zero-order valence-electron chi connectivity index (χ0n) is 14.2. The van der Waals surface area contributed by atoms with E-state index < -0.39 is 6.04 Å². The molecule has 3 rings (SSSR count). The molecule has 2 saturated heterocycles. The molecule has 0 saturated carbocycles. The fourth-order valence-electron chi connectivity index (χ4n) is 3.63. The summed E-state index contributed by atoms with van der Waals surface area (Å²) in [5, 5.41) is 7.30. The van der Waals surface area contributed by atoms with Crippen molar-refractivity contribution in [3.63, 3.8) is 0 Å². The van der Waals surface area contributed by atoms with E-state index in [4.69, 9.17) is 23.2 Å². The number of likely N-dealkylation sites (tertiary alicyclic amines) is 1. The van der Waals surface area contributed by atoms with E-state index in [1.807, 2.05) is 0 Å². The predicted octanol–water partition coefficient (Wildman–Crippen LogP) is 2.71. The van der Waals surface area contributed by atoms with Crippen molar-refractivity contribution in [3.8, 4) is 0 Å². The normalized spacial score (nSPS) is 26.5. The average Bonchev–Trinajstić information content (AvgIpc) is 3.05. The number of carbonyl (C=O) groups is 2. The third-order valence-electron chi connectivity index (χ3n) is 5.04. The highest BCUT2D eigenvalue weighted by molar-refractivity contribution is 6.35. The van der Waals surface area contributed by atoms with Gasteiger partial charge in [0.15, 0.2) is 0 Å². The van der Waals surface area contributed by atoms with Crippen LogP contribution in [0.25, 0.3) is 0 Å². The average molecular weight is 384 g/mol. The molecule has 2 fully saturated rings. The Bertz CT molecular complexity index is 647. The van der Waals surface area contributed by atoms with Gasteiger partial charge in [0.05, 0.1) is 0 Å². The number of benzene rings is 1. The number of amides is 2. The van der Waals surface area contributed by atoms with Gasteiger partial charge in [0.2, 0.25) is 5.91 Å². The summed E-state index contributed by atoms with van der Waals surface area (Å²) in [5.41, 5.74) is 0.424. The van der Waals surface area contributed by atoms with E-state index in [-0.39, 0.29) is 17.9 Å². The van der Waals surface area contributed by atoms with E-state index in [1.54, 1.807) is 23.1 Å². The molecule has 3 atom stereocenters. The van der Waals surface area contributed by atoms with Crippen LogP contribution in [-0.4, -0.2) is 48.4 Å². The number of nitrogens with one attached hydrogen (secondary N) is 2. The molecular weight excluding hydrogens is 361 g/mol. The molecule has 0 spiro atoms. The Morgan fingerprint density at radius 3 is 2.60 bits per heavy atom. The van der Waals surface area contributed by atoms with Gasteiger partial charge in [-0.2, -0.15) is 0 Å². The van der Waals surface area contributed by atoms with Crippen molar-refractivity contribution in [2.75, 3.05) is 19.6 Å². The lowest BCUT2D eigenvalue weighted by Gasteiger charge is -2.32. The van der Waals surface area contributed by atoms with E-state index in [0.717, 1.165) is 25.9 Å². The van der Waals surface area contributed by atoms with Crippen LogP contribution in [0.3, 0.4) is 0 Å². The van der Waals surface area contributed by atoms with Crippen LogP contribution in [0.2, 0.25) is 10.0 Å². The molecule has 1 aromatic rings. The molecule has 1 aromatic carbocycles. The number of rotatable bonds is 3. The third-order valence-corrected chi connectivity index (χ3v) is 5.48. The summed E-state index contributed by atoms with van der Waals surface area (Å²) in [6.07, 6.45) is 2.42. The lowest BCUT2D eigenvalue weighted by molar-refractivity contribution is -0.126. The fourth-order valence-corrected chi connectivity index (χ4v) is 4.16. The van der Waals surface area contributed by atoms with Crippen molar-refractivity contribution in [2.24, 2.45) is 5.92 Å². The van der Waals surface area contributed by atoms with Crippen molar-refractivity contribution in [3.05, 3.63) is 33.8 Å². The maximum absolute atomic E-state index is 12.8. The van der Waals surface area contributed by atoms with Crippen LogP contribution in [0, 0.1) is 5.92 Å². The monoisotopic (exact) mass is 383 g/mol. The van der Waals surface area contributed by atoms with Crippen molar-refractivity contribution >= 4 is 35.0 Å². The minimum absolute atomic E-state index is 0.0577. The van der Waals surface area contributed by atoms with Gasteiger partial charge in [-0.05, 0) is 56.5 Å². The largest absolute Gasteiger partial charge is 0.351 e. The Hall–Kier alpha value is -1.30. The van der Waals surface area contributed by atoms with E-state index in [2.05, 4.69) is 17.6 Å². The molecule has 2 aliphatic rings. The standard InChI is InChI=1S/C18H23Cl2N3O2/c1-11-10-21-5-4-15(11)22-17(24)16-3-2-6-23(16)18(25)12-7-13(19)9-14(20)8-12/h7-9,11,15-16,21H,2-6,10H2,1H3,(H,22,24). The summed E-state index contributed by atoms with van der Waals surface area (Å²) < 4.78 is 0. The minimum Gasteiger partial charge on any atom is -0.351 e. The van der Waals surface area contributed by atoms with Gasteiger partial charge in [-0.3, -0.25) is 9.59 Å². The van der Waals surface area contributed by atoms with Crippen molar-refractivity contribution in [2.45, 2.75) is 38.3 Å². The number of nitrogens with zero attached hydrogens (tertiary/aromatic N) is 1. The molecular formula is C18H23Cl2N3O2. The Morgan fingerprint density at radius 2 is 1.92 bits per heavy atom. The number of carbonyl (C=O) groups excluding carboxylic acids is 2.